The van der Waals surface area contributed by atoms with E-state index in [9.17, 15) is 31.2 Å². The van der Waals surface area contributed by atoms with Crippen molar-refractivity contribution in [1.82, 2.24) is 25.3 Å². The minimum absolute atomic E-state index is 0.00467. The zero-order chi connectivity index (χ0) is 30.4. The molecular weight excluding hydrogens is 567 g/mol. The Morgan fingerprint density at radius 2 is 1.76 bits per heavy atom. The van der Waals surface area contributed by atoms with Crippen LogP contribution in [0, 0.1) is 6.92 Å². The van der Waals surface area contributed by atoms with E-state index in [1.54, 1.807) is 29.7 Å². The average Bonchev–Trinajstić information content (AvgIpc) is 3.36. The van der Waals surface area contributed by atoms with E-state index in [-0.39, 0.29) is 41.6 Å². The minimum atomic E-state index is -4.71. The van der Waals surface area contributed by atoms with Crippen molar-refractivity contribution in [3.8, 4) is 16.9 Å². The fourth-order valence-electron chi connectivity index (χ4n) is 3.72. The van der Waals surface area contributed by atoms with Crippen LogP contribution in [0.3, 0.4) is 0 Å². The van der Waals surface area contributed by atoms with Crippen LogP contribution in [0.25, 0.3) is 16.9 Å². The maximum absolute atomic E-state index is 13.5. The number of halogens is 3. The van der Waals surface area contributed by atoms with Gasteiger partial charge in [-0.3, -0.25) is 19.8 Å². The third-order valence-corrected chi connectivity index (χ3v) is 7.08. The Morgan fingerprint density at radius 3 is 2.32 bits per heavy atom. The van der Waals surface area contributed by atoms with Crippen molar-refractivity contribution in [3.05, 3.63) is 65.9 Å². The van der Waals surface area contributed by atoms with Crippen LogP contribution in [-0.4, -0.2) is 53.8 Å². The van der Waals surface area contributed by atoms with E-state index in [2.05, 4.69) is 15.4 Å². The van der Waals surface area contributed by atoms with Gasteiger partial charge in [0, 0.05) is 19.0 Å². The third-order valence-electron chi connectivity index (χ3n) is 5.72. The second kappa shape index (κ2) is 12.8. The number of aliphatic imine (C=N–C) groups is 1. The lowest BCUT2D eigenvalue weighted by atomic mass is 10.1. The predicted molar refractivity (Wildman–Crippen MR) is 142 cm³/mol. The minimum Gasteiger partial charge on any atom is -0.368 e. The summed E-state index contributed by atoms with van der Waals surface area (Å²) in [7, 11) is -4.42. The number of rotatable bonds is 10. The first-order valence-electron chi connectivity index (χ1n) is 12.1. The van der Waals surface area contributed by atoms with Crippen molar-refractivity contribution in [2.24, 2.45) is 10.7 Å². The number of sulfonamides is 1. The molecule has 41 heavy (non-hydrogen) atoms. The van der Waals surface area contributed by atoms with E-state index in [1.165, 1.54) is 12.1 Å². The molecule has 12 nitrogen and oxygen atoms in total. The van der Waals surface area contributed by atoms with Crippen LogP contribution in [-0.2, 0) is 25.8 Å². The number of amides is 2. The van der Waals surface area contributed by atoms with Gasteiger partial charge >= 0.3 is 6.18 Å². The lowest BCUT2D eigenvalue weighted by Crippen LogP contribution is -2.47. The summed E-state index contributed by atoms with van der Waals surface area (Å²) in [6, 6.07) is 11.2. The Kier molecular flexibility index (Phi) is 9.72. The van der Waals surface area contributed by atoms with Gasteiger partial charge in [0.1, 0.15) is 6.04 Å². The first-order chi connectivity index (χ1) is 19.2. The van der Waals surface area contributed by atoms with Crippen LogP contribution >= 0.6 is 0 Å². The molecule has 0 spiro atoms. The largest absolute Gasteiger partial charge is 0.435 e. The van der Waals surface area contributed by atoms with Gasteiger partial charge in [-0.25, -0.2) is 23.3 Å². The number of aromatic nitrogens is 2. The molecule has 0 aliphatic carbocycles. The van der Waals surface area contributed by atoms with Crippen molar-refractivity contribution in [2.75, 3.05) is 6.54 Å². The van der Waals surface area contributed by atoms with E-state index in [4.69, 9.17) is 10.9 Å². The van der Waals surface area contributed by atoms with Crippen molar-refractivity contribution >= 4 is 27.8 Å². The molecule has 1 unspecified atom stereocenters. The topological polar surface area (TPSA) is 181 Å². The summed E-state index contributed by atoms with van der Waals surface area (Å²) in [5, 5.41) is 14.7. The normalized spacial score (nSPS) is 13.0. The van der Waals surface area contributed by atoms with E-state index in [0.717, 1.165) is 35.4 Å². The Hall–Kier alpha value is -4.44. The predicted octanol–water partition coefficient (Wildman–Crippen LogP) is 2.25. The molecule has 0 radical (unpaired) electrons. The highest BCUT2D eigenvalue weighted by Crippen LogP contribution is 2.33. The first kappa shape index (κ1) is 31.1. The van der Waals surface area contributed by atoms with Crippen LogP contribution in [0.4, 0.5) is 13.2 Å². The van der Waals surface area contributed by atoms with Crippen molar-refractivity contribution in [1.29, 1.82) is 0 Å². The number of nitrogens with one attached hydrogen (secondary N) is 3. The molecule has 16 heteroatoms. The Morgan fingerprint density at radius 1 is 1.12 bits per heavy atom. The number of hydrogen-bond donors (Lipinski definition) is 5. The molecule has 2 amide bonds. The second-order valence-corrected chi connectivity index (χ2v) is 10.6. The fourth-order valence-corrected chi connectivity index (χ4v) is 4.74. The van der Waals surface area contributed by atoms with Gasteiger partial charge < -0.3 is 11.1 Å². The number of aryl methyl sites for hydroxylation is 1. The number of carbonyl (C=O) groups is 2. The monoisotopic (exact) mass is 595 g/mol. The molecule has 0 fully saturated rings. The molecule has 3 aromatic rings. The van der Waals surface area contributed by atoms with Crippen molar-refractivity contribution in [2.45, 2.75) is 43.8 Å². The number of alkyl halides is 3. The van der Waals surface area contributed by atoms with Crippen LogP contribution in [0.2, 0.25) is 0 Å². The number of hydroxylamine groups is 1. The molecule has 220 valence electrons. The van der Waals surface area contributed by atoms with Gasteiger partial charge in [0.25, 0.3) is 15.9 Å². The van der Waals surface area contributed by atoms with E-state index < -0.39 is 39.7 Å². The van der Waals surface area contributed by atoms with Crippen molar-refractivity contribution < 1.29 is 36.4 Å². The summed E-state index contributed by atoms with van der Waals surface area (Å²) in [6.45, 7) is 3.06. The summed E-state index contributed by atoms with van der Waals surface area (Å²) in [5.74, 6) is -1.84. The molecule has 2 aromatic carbocycles. The number of benzene rings is 2. The molecule has 1 aromatic heterocycles. The molecule has 0 aliphatic heterocycles. The fraction of sp³-hybridized carbons (Fsp3) is 0.280. The van der Waals surface area contributed by atoms with Crippen molar-refractivity contribution in [3.63, 3.8) is 0 Å². The summed E-state index contributed by atoms with van der Waals surface area (Å²) in [4.78, 5) is 27.7. The molecule has 0 bridgehead atoms. The Balaban J connectivity index is 1.84. The highest BCUT2D eigenvalue weighted by Gasteiger charge is 2.35. The van der Waals surface area contributed by atoms with Gasteiger partial charge in [-0.15, -0.1) is 0 Å². The summed E-state index contributed by atoms with van der Waals surface area (Å²) in [6.07, 6.45) is -4.50. The molecule has 0 aliphatic rings. The second-order valence-electron chi connectivity index (χ2n) is 8.93. The zero-order valence-corrected chi connectivity index (χ0v) is 22.8. The third kappa shape index (κ3) is 8.28. The van der Waals surface area contributed by atoms with Crippen LogP contribution < -0.4 is 21.3 Å². The summed E-state index contributed by atoms with van der Waals surface area (Å²) in [5.41, 5.74) is 7.47. The molecule has 0 saturated carbocycles. The maximum atomic E-state index is 13.5. The summed E-state index contributed by atoms with van der Waals surface area (Å²) < 4.78 is 69.2. The number of hydrogen-bond acceptors (Lipinski definition) is 7. The number of guanidine groups is 1. The first-order valence-corrected chi connectivity index (χ1v) is 13.6. The Labute approximate surface area is 233 Å². The molecule has 1 heterocycles. The standard InChI is InChI=1S/C25H28F3N7O5S/c1-15-5-7-17(8-6-15)21-14-22(25(26,27)28)32-35(21)18-9-11-19(12-10-18)41(39,40)34-23(37)20(31-16(2)36)4-3-13-30-24(29)33-38/h5-12,14,20,38H,3-4,13H2,1-2H3,(H,31,36)(H,34,37)(H3,29,30,33). The smallest absolute Gasteiger partial charge is 0.368 e. The Bertz CT molecular complexity index is 1520. The maximum Gasteiger partial charge on any atom is 0.435 e. The number of carbonyl (C=O) groups excluding carboxylic acids is 2. The van der Waals surface area contributed by atoms with E-state index in [1.807, 2.05) is 11.6 Å². The molecule has 3 rings (SSSR count). The van der Waals surface area contributed by atoms with Gasteiger partial charge in [0.05, 0.1) is 16.3 Å². The van der Waals surface area contributed by atoms with Gasteiger partial charge in [0.2, 0.25) is 11.9 Å². The number of nitrogens with zero attached hydrogens (tertiary/aromatic N) is 3. The summed E-state index contributed by atoms with van der Waals surface area (Å²) >= 11 is 0. The molecule has 6 N–H and O–H groups in total. The lowest BCUT2D eigenvalue weighted by molar-refractivity contribution is -0.141. The van der Waals surface area contributed by atoms with Gasteiger partial charge in [0.15, 0.2) is 5.69 Å². The average molecular weight is 596 g/mol. The van der Waals surface area contributed by atoms with E-state index >= 15 is 0 Å². The molecule has 0 saturated heterocycles. The highest BCUT2D eigenvalue weighted by atomic mass is 32.2. The molecular formula is C25H28F3N7O5S. The van der Waals surface area contributed by atoms with Gasteiger partial charge in [-0.1, -0.05) is 29.8 Å². The lowest BCUT2D eigenvalue weighted by Gasteiger charge is -2.17. The van der Waals surface area contributed by atoms with Crippen LogP contribution in [0.5, 0.6) is 0 Å². The van der Waals surface area contributed by atoms with Crippen LogP contribution in [0.1, 0.15) is 31.0 Å². The zero-order valence-electron chi connectivity index (χ0n) is 21.9. The SMILES string of the molecule is CC(=O)NC(CCCN=C(N)NO)C(=O)NS(=O)(=O)c1ccc(-n2nc(C(F)(F)F)cc2-c2ccc(C)cc2)cc1. The highest BCUT2D eigenvalue weighted by molar-refractivity contribution is 7.90. The molecule has 1 atom stereocenters. The van der Waals surface area contributed by atoms with Gasteiger partial charge in [-0.05, 0) is 50.1 Å². The van der Waals surface area contributed by atoms with Gasteiger partial charge in [-0.2, -0.15) is 18.3 Å². The van der Waals surface area contributed by atoms with E-state index in [0.29, 0.717) is 5.56 Å². The number of nitrogens with two attached hydrogens (primary N) is 1. The quantitative estimate of drug-likeness (QED) is 0.102. The van der Waals surface area contributed by atoms with Crippen LogP contribution in [0.15, 0.2) is 64.5 Å².